The lowest BCUT2D eigenvalue weighted by Crippen LogP contribution is -2.27. The first-order valence-electron chi connectivity index (χ1n) is 5.34. The summed E-state index contributed by atoms with van der Waals surface area (Å²) in [5.41, 5.74) is 3.20. The minimum atomic E-state index is -0.102. The van der Waals surface area contributed by atoms with E-state index in [0.29, 0.717) is 16.7 Å². The Morgan fingerprint density at radius 1 is 1.50 bits per heavy atom. The molecule has 94 valence electrons. The predicted octanol–water partition coefficient (Wildman–Crippen LogP) is 2.88. The van der Waals surface area contributed by atoms with Crippen molar-refractivity contribution in [3.05, 3.63) is 44.6 Å². The summed E-state index contributed by atoms with van der Waals surface area (Å²) in [6, 6.07) is 3.60. The minimum Gasteiger partial charge on any atom is -0.335 e. The summed E-state index contributed by atoms with van der Waals surface area (Å²) < 4.78 is 0.711. The fourth-order valence-electron chi connectivity index (χ4n) is 1.49. The molecule has 0 aliphatic rings. The van der Waals surface area contributed by atoms with E-state index in [4.69, 9.17) is 0 Å². The molecule has 0 aliphatic carbocycles. The quantitative estimate of drug-likeness (QED) is 0.871. The Morgan fingerprint density at radius 3 is 2.89 bits per heavy atom. The van der Waals surface area contributed by atoms with Gasteiger partial charge >= 0.3 is 0 Å². The Bertz CT molecular complexity index is 570. The van der Waals surface area contributed by atoms with E-state index >= 15 is 0 Å². The van der Waals surface area contributed by atoms with E-state index in [1.807, 2.05) is 13.0 Å². The minimum absolute atomic E-state index is 0.102. The van der Waals surface area contributed by atoms with Crippen LogP contribution in [0.25, 0.3) is 0 Å². The zero-order chi connectivity index (χ0) is 13.1. The highest BCUT2D eigenvalue weighted by molar-refractivity contribution is 9.10. The Labute approximate surface area is 118 Å². The topological polar surface area (TPSA) is 46.1 Å². The maximum Gasteiger partial charge on any atom is 0.273 e. The van der Waals surface area contributed by atoms with E-state index in [-0.39, 0.29) is 5.91 Å². The average Bonchev–Trinajstić information content (AvgIpc) is 2.75. The molecule has 2 rings (SSSR count). The Hall–Kier alpha value is -1.27. The third kappa shape index (κ3) is 2.76. The molecule has 0 atom stereocenters. The van der Waals surface area contributed by atoms with Crippen LogP contribution in [0.4, 0.5) is 0 Å². The molecular weight excluding hydrogens is 314 g/mol. The summed E-state index contributed by atoms with van der Waals surface area (Å²) in [5, 5.41) is 0. The second-order valence-corrected chi connectivity index (χ2v) is 5.65. The number of pyridine rings is 1. The monoisotopic (exact) mass is 325 g/mol. The van der Waals surface area contributed by atoms with Crippen LogP contribution in [0.5, 0.6) is 0 Å². The highest BCUT2D eigenvalue weighted by Gasteiger charge is 2.17. The second-order valence-electron chi connectivity index (χ2n) is 3.86. The molecule has 4 nitrogen and oxygen atoms in total. The summed E-state index contributed by atoms with van der Waals surface area (Å²) in [6.45, 7) is 2.50. The van der Waals surface area contributed by atoms with E-state index in [1.165, 1.54) is 0 Å². The van der Waals surface area contributed by atoms with Crippen molar-refractivity contribution < 1.29 is 4.79 Å². The summed E-state index contributed by atoms with van der Waals surface area (Å²) in [7, 11) is 1.77. The highest BCUT2D eigenvalue weighted by atomic mass is 79.9. The number of carbonyl (C=O) groups excluding carboxylic acids is 1. The van der Waals surface area contributed by atoms with Gasteiger partial charge in [-0.1, -0.05) is 0 Å². The zero-order valence-electron chi connectivity index (χ0n) is 10.1. The lowest BCUT2D eigenvalue weighted by atomic mass is 10.3. The molecule has 0 saturated heterocycles. The van der Waals surface area contributed by atoms with Gasteiger partial charge in [0.1, 0.15) is 5.69 Å². The van der Waals surface area contributed by atoms with Gasteiger partial charge in [0.25, 0.3) is 5.91 Å². The summed E-state index contributed by atoms with van der Waals surface area (Å²) in [4.78, 5) is 23.2. The van der Waals surface area contributed by atoms with Gasteiger partial charge in [0.15, 0.2) is 0 Å². The molecule has 0 spiro atoms. The van der Waals surface area contributed by atoms with Crippen molar-refractivity contribution in [2.24, 2.45) is 0 Å². The molecule has 0 N–H and O–H groups in total. The molecule has 0 radical (unpaired) electrons. The molecule has 2 heterocycles. The molecule has 18 heavy (non-hydrogen) atoms. The van der Waals surface area contributed by atoms with Crippen molar-refractivity contribution in [3.63, 3.8) is 0 Å². The van der Waals surface area contributed by atoms with Crippen LogP contribution in [0.3, 0.4) is 0 Å². The number of aryl methyl sites for hydroxylation is 1. The lowest BCUT2D eigenvalue weighted by Gasteiger charge is -2.16. The van der Waals surface area contributed by atoms with Crippen LogP contribution >= 0.6 is 27.3 Å². The van der Waals surface area contributed by atoms with Gasteiger partial charge < -0.3 is 4.90 Å². The van der Waals surface area contributed by atoms with Gasteiger partial charge in [-0.25, -0.2) is 9.97 Å². The molecule has 0 saturated carbocycles. The molecule has 0 unspecified atom stereocenters. The van der Waals surface area contributed by atoms with Gasteiger partial charge in [-0.05, 0) is 35.0 Å². The number of thiazole rings is 1. The third-order valence-corrected chi connectivity index (χ3v) is 4.09. The standard InChI is InChI=1S/C12H12BrN3OS/c1-8-10(18-7-15-8)6-16(2)12(17)11-9(13)4-3-5-14-11/h3-5,7H,6H2,1-2H3. The van der Waals surface area contributed by atoms with Crippen LogP contribution in [0.15, 0.2) is 28.3 Å². The van der Waals surface area contributed by atoms with Crippen molar-refractivity contribution in [1.29, 1.82) is 0 Å². The fourth-order valence-corrected chi connectivity index (χ4v) is 2.74. The SMILES string of the molecule is Cc1ncsc1CN(C)C(=O)c1ncccc1Br. The van der Waals surface area contributed by atoms with E-state index in [9.17, 15) is 4.79 Å². The third-order valence-electron chi connectivity index (χ3n) is 2.53. The number of aromatic nitrogens is 2. The smallest absolute Gasteiger partial charge is 0.273 e. The van der Waals surface area contributed by atoms with Crippen LogP contribution in [0.1, 0.15) is 21.1 Å². The van der Waals surface area contributed by atoms with Crippen LogP contribution < -0.4 is 0 Å². The summed E-state index contributed by atoms with van der Waals surface area (Å²) in [5.74, 6) is -0.102. The maximum atomic E-state index is 12.2. The number of hydrogen-bond acceptors (Lipinski definition) is 4. The van der Waals surface area contributed by atoms with Crippen LogP contribution in [0.2, 0.25) is 0 Å². The Balaban J connectivity index is 2.15. The first-order valence-corrected chi connectivity index (χ1v) is 7.02. The predicted molar refractivity (Wildman–Crippen MR) is 74.6 cm³/mol. The maximum absolute atomic E-state index is 12.2. The van der Waals surface area contributed by atoms with Crippen LogP contribution in [-0.4, -0.2) is 27.8 Å². The van der Waals surface area contributed by atoms with Gasteiger partial charge in [-0.3, -0.25) is 4.79 Å². The molecule has 0 aromatic carbocycles. The number of hydrogen-bond donors (Lipinski definition) is 0. The van der Waals surface area contributed by atoms with E-state index in [1.54, 1.807) is 41.1 Å². The Morgan fingerprint density at radius 2 is 2.28 bits per heavy atom. The second kappa shape index (κ2) is 5.58. The number of halogens is 1. The van der Waals surface area contributed by atoms with Crippen molar-refractivity contribution >= 4 is 33.2 Å². The Kier molecular flexibility index (Phi) is 4.08. The first kappa shape index (κ1) is 13.2. The van der Waals surface area contributed by atoms with Crippen LogP contribution in [-0.2, 0) is 6.54 Å². The first-order chi connectivity index (χ1) is 8.59. The van der Waals surface area contributed by atoms with E-state index < -0.39 is 0 Å². The molecule has 0 aliphatic heterocycles. The molecule has 2 aromatic heterocycles. The zero-order valence-corrected chi connectivity index (χ0v) is 12.5. The molecule has 0 fully saturated rings. The normalized spacial score (nSPS) is 10.4. The number of nitrogens with zero attached hydrogens (tertiary/aromatic N) is 3. The number of amides is 1. The van der Waals surface area contributed by atoms with Crippen molar-refractivity contribution in [1.82, 2.24) is 14.9 Å². The molecule has 1 amide bonds. The van der Waals surface area contributed by atoms with E-state index in [2.05, 4.69) is 25.9 Å². The van der Waals surface area contributed by atoms with Gasteiger partial charge in [-0.15, -0.1) is 11.3 Å². The number of carbonyl (C=O) groups is 1. The van der Waals surface area contributed by atoms with Crippen molar-refractivity contribution in [3.8, 4) is 0 Å². The molecule has 6 heteroatoms. The number of rotatable bonds is 3. The van der Waals surface area contributed by atoms with Crippen LogP contribution in [0, 0.1) is 6.92 Å². The van der Waals surface area contributed by atoms with Gasteiger partial charge in [0, 0.05) is 22.6 Å². The lowest BCUT2D eigenvalue weighted by molar-refractivity contribution is 0.0779. The van der Waals surface area contributed by atoms with Gasteiger partial charge in [0.2, 0.25) is 0 Å². The molecular formula is C12H12BrN3OS. The largest absolute Gasteiger partial charge is 0.335 e. The summed E-state index contributed by atoms with van der Waals surface area (Å²) >= 11 is 4.90. The average molecular weight is 326 g/mol. The summed E-state index contributed by atoms with van der Waals surface area (Å²) in [6.07, 6.45) is 1.61. The van der Waals surface area contributed by atoms with Crippen molar-refractivity contribution in [2.75, 3.05) is 7.05 Å². The molecule has 0 bridgehead atoms. The van der Waals surface area contributed by atoms with Gasteiger partial charge in [0.05, 0.1) is 17.7 Å². The van der Waals surface area contributed by atoms with E-state index in [0.717, 1.165) is 10.6 Å². The fraction of sp³-hybridized carbons (Fsp3) is 0.250. The van der Waals surface area contributed by atoms with Crippen molar-refractivity contribution in [2.45, 2.75) is 13.5 Å². The molecule has 2 aromatic rings. The highest BCUT2D eigenvalue weighted by Crippen LogP contribution is 2.18. The van der Waals surface area contributed by atoms with Gasteiger partial charge in [-0.2, -0.15) is 0 Å².